The molecule has 29 heavy (non-hydrogen) atoms. The van der Waals surface area contributed by atoms with Gasteiger partial charge in [-0.2, -0.15) is 0 Å². The third-order valence-corrected chi connectivity index (χ3v) is 5.32. The molecule has 148 valence electrons. The van der Waals surface area contributed by atoms with Gasteiger partial charge in [-0.05, 0) is 35.4 Å². The Kier molecular flexibility index (Phi) is 6.86. The summed E-state index contributed by atoms with van der Waals surface area (Å²) in [4.78, 5) is 23.7. The Morgan fingerprint density at radius 1 is 1.00 bits per heavy atom. The van der Waals surface area contributed by atoms with E-state index in [1.165, 1.54) is 23.9 Å². The molecule has 0 aliphatic rings. The predicted molar refractivity (Wildman–Crippen MR) is 113 cm³/mol. The molecule has 0 fully saturated rings. The van der Waals surface area contributed by atoms with Crippen molar-refractivity contribution in [2.45, 2.75) is 10.9 Å². The smallest absolute Gasteiger partial charge is 0.269 e. The van der Waals surface area contributed by atoms with E-state index in [0.29, 0.717) is 0 Å². The lowest BCUT2D eigenvalue weighted by molar-refractivity contribution is -0.384. The topological polar surface area (TPSA) is 81.5 Å². The largest absolute Gasteiger partial charge is 0.497 e. The van der Waals surface area contributed by atoms with Crippen molar-refractivity contribution < 1.29 is 14.5 Å². The number of ether oxygens (including phenoxy) is 1. The van der Waals surface area contributed by atoms with Crippen molar-refractivity contribution in [2.24, 2.45) is 0 Å². The predicted octanol–water partition coefficient (Wildman–Crippen LogP) is 4.60. The molecule has 0 spiro atoms. The number of hydrogen-bond acceptors (Lipinski definition) is 5. The van der Waals surface area contributed by atoms with Crippen LogP contribution in [0.1, 0.15) is 17.2 Å². The van der Waals surface area contributed by atoms with Gasteiger partial charge in [0.15, 0.2) is 0 Å². The Bertz CT molecular complexity index is 960. The summed E-state index contributed by atoms with van der Waals surface area (Å²) >= 11 is 1.33. The minimum Gasteiger partial charge on any atom is -0.497 e. The highest BCUT2D eigenvalue weighted by atomic mass is 32.2. The lowest BCUT2D eigenvalue weighted by Crippen LogP contribution is -2.30. The quantitative estimate of drug-likeness (QED) is 0.335. The third-order valence-electron chi connectivity index (χ3n) is 4.30. The van der Waals surface area contributed by atoms with Crippen LogP contribution in [0, 0.1) is 10.1 Å². The first kappa shape index (κ1) is 20.4. The first-order valence-corrected chi connectivity index (χ1v) is 9.91. The number of nitro groups is 1. The number of hydrogen-bond donors (Lipinski definition) is 1. The summed E-state index contributed by atoms with van der Waals surface area (Å²) in [7, 11) is 1.61. The SMILES string of the molecule is COc1ccc(C(NC(=O)CSc2ccc([N+](=O)[O-])cc2)c2ccccc2)cc1. The fourth-order valence-corrected chi connectivity index (χ4v) is 3.53. The molecule has 7 heteroatoms. The molecule has 0 aliphatic heterocycles. The molecule has 0 bridgehead atoms. The zero-order valence-corrected chi connectivity index (χ0v) is 16.6. The van der Waals surface area contributed by atoms with E-state index in [1.54, 1.807) is 19.2 Å². The van der Waals surface area contributed by atoms with E-state index in [9.17, 15) is 14.9 Å². The van der Waals surface area contributed by atoms with E-state index in [2.05, 4.69) is 5.32 Å². The second-order valence-corrected chi connectivity index (χ2v) is 7.27. The molecule has 3 rings (SSSR count). The van der Waals surface area contributed by atoms with Crippen molar-refractivity contribution in [3.05, 3.63) is 100 Å². The lowest BCUT2D eigenvalue weighted by atomic mass is 9.98. The molecule has 3 aromatic rings. The number of non-ortho nitro benzene ring substituents is 1. The fourth-order valence-electron chi connectivity index (χ4n) is 2.82. The average molecular weight is 408 g/mol. The van der Waals surface area contributed by atoms with Crippen LogP contribution in [0.5, 0.6) is 5.75 Å². The molecule has 0 aromatic heterocycles. The third kappa shape index (κ3) is 5.58. The second-order valence-electron chi connectivity index (χ2n) is 6.22. The number of nitro benzene ring substituents is 1. The minimum atomic E-state index is -0.444. The Hall–Kier alpha value is -3.32. The normalized spacial score (nSPS) is 11.5. The summed E-state index contributed by atoms with van der Waals surface area (Å²) < 4.78 is 5.21. The maximum atomic E-state index is 12.6. The standard InChI is InChI=1S/C22H20N2O4S/c1-28-19-11-7-17(8-12-19)22(16-5-3-2-4-6-16)23-21(25)15-29-20-13-9-18(10-14-20)24(26)27/h2-14,22H,15H2,1H3,(H,23,25). The molecular weight excluding hydrogens is 388 g/mol. The minimum absolute atomic E-state index is 0.0300. The van der Waals surface area contributed by atoms with Gasteiger partial charge < -0.3 is 10.1 Å². The molecule has 0 saturated heterocycles. The van der Waals surface area contributed by atoms with Crippen LogP contribution in [0.15, 0.2) is 83.8 Å². The molecule has 0 heterocycles. The van der Waals surface area contributed by atoms with Crippen LogP contribution < -0.4 is 10.1 Å². The van der Waals surface area contributed by atoms with Gasteiger partial charge in [0, 0.05) is 17.0 Å². The number of carbonyl (C=O) groups excluding carboxylic acids is 1. The molecule has 1 amide bonds. The van der Waals surface area contributed by atoms with E-state index >= 15 is 0 Å². The van der Waals surface area contributed by atoms with Gasteiger partial charge in [0.05, 0.1) is 23.8 Å². The zero-order chi connectivity index (χ0) is 20.6. The van der Waals surface area contributed by atoms with Crippen LogP contribution in [0.2, 0.25) is 0 Å². The Labute approximate surface area is 173 Å². The number of nitrogens with one attached hydrogen (secondary N) is 1. The number of carbonyl (C=O) groups is 1. The van der Waals surface area contributed by atoms with Gasteiger partial charge in [0.25, 0.3) is 5.69 Å². The van der Waals surface area contributed by atoms with E-state index in [-0.39, 0.29) is 23.4 Å². The van der Waals surface area contributed by atoms with Crippen LogP contribution in [-0.4, -0.2) is 23.7 Å². The van der Waals surface area contributed by atoms with Gasteiger partial charge in [-0.15, -0.1) is 11.8 Å². The molecule has 3 aromatic carbocycles. The molecule has 1 unspecified atom stereocenters. The van der Waals surface area contributed by atoms with Crippen LogP contribution in [-0.2, 0) is 4.79 Å². The molecule has 1 atom stereocenters. The maximum Gasteiger partial charge on any atom is 0.269 e. The highest BCUT2D eigenvalue weighted by Crippen LogP contribution is 2.25. The van der Waals surface area contributed by atoms with Crippen LogP contribution in [0.3, 0.4) is 0 Å². The van der Waals surface area contributed by atoms with E-state index in [1.807, 2.05) is 54.6 Å². The highest BCUT2D eigenvalue weighted by molar-refractivity contribution is 8.00. The summed E-state index contributed by atoms with van der Waals surface area (Å²) in [5.74, 6) is 0.829. The van der Waals surface area contributed by atoms with Gasteiger partial charge in [-0.3, -0.25) is 14.9 Å². The average Bonchev–Trinajstić information content (AvgIpc) is 2.77. The van der Waals surface area contributed by atoms with E-state index in [4.69, 9.17) is 4.74 Å². The van der Waals surface area contributed by atoms with Crippen molar-refractivity contribution in [3.63, 3.8) is 0 Å². The van der Waals surface area contributed by atoms with Gasteiger partial charge in [-0.1, -0.05) is 42.5 Å². The van der Waals surface area contributed by atoms with Gasteiger partial charge in [0.2, 0.25) is 5.91 Å². The summed E-state index contributed by atoms with van der Waals surface area (Å²) in [5, 5.41) is 13.8. The Balaban J connectivity index is 1.69. The first-order chi connectivity index (χ1) is 14.1. The molecule has 6 nitrogen and oxygen atoms in total. The van der Waals surface area contributed by atoms with Gasteiger partial charge in [-0.25, -0.2) is 0 Å². The lowest BCUT2D eigenvalue weighted by Gasteiger charge is -2.20. The summed E-state index contributed by atoms with van der Waals surface area (Å²) in [6.07, 6.45) is 0. The molecular formula is C22H20N2O4S. The summed E-state index contributed by atoms with van der Waals surface area (Å²) in [5.41, 5.74) is 1.96. The van der Waals surface area contributed by atoms with Crippen molar-refractivity contribution in [3.8, 4) is 5.75 Å². The summed E-state index contributed by atoms with van der Waals surface area (Å²) in [6, 6.07) is 23.2. The Morgan fingerprint density at radius 3 is 2.21 bits per heavy atom. The molecule has 0 saturated carbocycles. The summed E-state index contributed by atoms with van der Waals surface area (Å²) in [6.45, 7) is 0. The van der Waals surface area contributed by atoms with E-state index < -0.39 is 4.92 Å². The second kappa shape index (κ2) is 9.75. The van der Waals surface area contributed by atoms with Crippen molar-refractivity contribution >= 4 is 23.4 Å². The number of amides is 1. The van der Waals surface area contributed by atoms with E-state index in [0.717, 1.165) is 21.8 Å². The fraction of sp³-hybridized carbons (Fsp3) is 0.136. The van der Waals surface area contributed by atoms with Crippen molar-refractivity contribution in [1.82, 2.24) is 5.32 Å². The highest BCUT2D eigenvalue weighted by Gasteiger charge is 2.17. The maximum absolute atomic E-state index is 12.6. The zero-order valence-electron chi connectivity index (χ0n) is 15.8. The van der Waals surface area contributed by atoms with Gasteiger partial charge >= 0.3 is 0 Å². The molecule has 0 aliphatic carbocycles. The van der Waals surface area contributed by atoms with Crippen molar-refractivity contribution in [1.29, 1.82) is 0 Å². The molecule has 1 N–H and O–H groups in total. The number of benzene rings is 3. The monoisotopic (exact) mass is 408 g/mol. The number of nitrogens with zero attached hydrogens (tertiary/aromatic N) is 1. The number of rotatable bonds is 8. The number of methoxy groups -OCH3 is 1. The van der Waals surface area contributed by atoms with Gasteiger partial charge in [0.1, 0.15) is 5.75 Å². The number of thioether (sulfide) groups is 1. The van der Waals surface area contributed by atoms with Crippen molar-refractivity contribution in [2.75, 3.05) is 12.9 Å². The van der Waals surface area contributed by atoms with Crippen LogP contribution in [0.25, 0.3) is 0 Å². The van der Waals surface area contributed by atoms with Crippen LogP contribution >= 0.6 is 11.8 Å². The Morgan fingerprint density at radius 2 is 1.62 bits per heavy atom. The molecule has 0 radical (unpaired) electrons. The van der Waals surface area contributed by atoms with Crippen LogP contribution in [0.4, 0.5) is 5.69 Å². The first-order valence-electron chi connectivity index (χ1n) is 8.92.